The number of benzene rings is 2. The summed E-state index contributed by atoms with van der Waals surface area (Å²) in [7, 11) is -1.12. The van der Waals surface area contributed by atoms with Crippen LogP contribution in [-0.2, 0) is 14.8 Å². The van der Waals surface area contributed by atoms with E-state index in [2.05, 4.69) is 10.0 Å². The third kappa shape index (κ3) is 3.38. The van der Waals surface area contributed by atoms with E-state index in [1.807, 2.05) is 0 Å². The van der Waals surface area contributed by atoms with Crippen LogP contribution < -0.4 is 24.2 Å². The molecule has 0 saturated carbocycles. The molecule has 0 radical (unpaired) electrons. The summed E-state index contributed by atoms with van der Waals surface area (Å²) >= 11 is 0. The minimum absolute atomic E-state index is 0.0639. The fourth-order valence-electron chi connectivity index (χ4n) is 2.48. The van der Waals surface area contributed by atoms with E-state index in [4.69, 9.17) is 14.2 Å². The van der Waals surface area contributed by atoms with Gasteiger partial charge in [-0.05, 0) is 37.3 Å². The maximum absolute atomic E-state index is 12.8. The number of hydrogen-bond acceptors (Lipinski definition) is 6. The van der Waals surface area contributed by atoms with Crippen molar-refractivity contribution in [1.82, 2.24) is 0 Å². The van der Waals surface area contributed by atoms with Gasteiger partial charge in [0.15, 0.2) is 6.10 Å². The van der Waals surface area contributed by atoms with Gasteiger partial charge in [0.1, 0.15) is 22.1 Å². The number of carbonyl (C=O) groups excluding carboxylic acids is 1. The van der Waals surface area contributed by atoms with Gasteiger partial charge in [0.25, 0.3) is 15.9 Å². The van der Waals surface area contributed by atoms with Crippen LogP contribution in [0.5, 0.6) is 17.2 Å². The van der Waals surface area contributed by atoms with Gasteiger partial charge in [0.2, 0.25) is 0 Å². The zero-order chi connectivity index (χ0) is 18.9. The smallest absolute Gasteiger partial charge is 0.265 e. The van der Waals surface area contributed by atoms with Gasteiger partial charge in [-0.2, -0.15) is 0 Å². The topological polar surface area (TPSA) is 103 Å². The van der Waals surface area contributed by atoms with E-state index in [9.17, 15) is 13.2 Å². The van der Waals surface area contributed by atoms with Crippen molar-refractivity contribution in [2.45, 2.75) is 17.9 Å². The Balaban J connectivity index is 1.94. The average molecular weight is 378 g/mol. The fourth-order valence-corrected chi connectivity index (χ4v) is 3.71. The number of hydrogen-bond donors (Lipinski definition) is 2. The van der Waals surface area contributed by atoms with Crippen LogP contribution in [-0.4, -0.2) is 34.6 Å². The number of carbonyl (C=O) groups is 1. The number of rotatable bonds is 5. The second-order valence-electron chi connectivity index (χ2n) is 5.58. The fraction of sp³-hybridized carbons (Fsp3) is 0.235. The summed E-state index contributed by atoms with van der Waals surface area (Å²) in [4.78, 5) is 11.7. The summed E-state index contributed by atoms with van der Waals surface area (Å²) in [5, 5.41) is 2.67. The third-order valence-corrected chi connectivity index (χ3v) is 5.23. The molecule has 1 aliphatic heterocycles. The lowest BCUT2D eigenvalue weighted by Crippen LogP contribution is -2.34. The predicted molar refractivity (Wildman–Crippen MR) is 95.5 cm³/mol. The van der Waals surface area contributed by atoms with Crippen molar-refractivity contribution in [1.29, 1.82) is 0 Å². The van der Waals surface area contributed by atoms with Gasteiger partial charge in [0.05, 0.1) is 25.6 Å². The Labute approximate surface area is 151 Å². The Morgan fingerprint density at radius 1 is 1.12 bits per heavy atom. The highest BCUT2D eigenvalue weighted by Crippen LogP contribution is 2.34. The van der Waals surface area contributed by atoms with E-state index in [-0.39, 0.29) is 22.2 Å². The molecule has 0 aliphatic carbocycles. The summed E-state index contributed by atoms with van der Waals surface area (Å²) in [5.41, 5.74) is 0.665. The zero-order valence-electron chi connectivity index (χ0n) is 14.4. The first-order valence-corrected chi connectivity index (χ1v) is 9.19. The minimum Gasteiger partial charge on any atom is -0.497 e. The molecule has 2 aromatic rings. The minimum atomic E-state index is -3.95. The normalized spacial score (nSPS) is 16.1. The molecule has 1 aliphatic rings. The highest BCUT2D eigenvalue weighted by atomic mass is 32.2. The molecule has 2 aromatic carbocycles. The zero-order valence-corrected chi connectivity index (χ0v) is 15.2. The van der Waals surface area contributed by atoms with Gasteiger partial charge in [-0.15, -0.1) is 0 Å². The molecule has 1 heterocycles. The number of amides is 1. The van der Waals surface area contributed by atoms with E-state index in [0.29, 0.717) is 17.2 Å². The molecule has 1 amide bonds. The summed E-state index contributed by atoms with van der Waals surface area (Å²) in [6.45, 7) is 1.63. The third-order valence-electron chi connectivity index (χ3n) is 3.82. The molecule has 1 atom stereocenters. The van der Waals surface area contributed by atoms with E-state index in [1.54, 1.807) is 25.1 Å². The molecule has 0 unspecified atom stereocenters. The van der Waals surface area contributed by atoms with Crippen molar-refractivity contribution in [2.75, 3.05) is 24.3 Å². The van der Waals surface area contributed by atoms with E-state index < -0.39 is 16.1 Å². The molecular formula is C17H18N2O6S. The van der Waals surface area contributed by atoms with Crippen LogP contribution >= 0.6 is 0 Å². The number of methoxy groups -OCH3 is 2. The first-order chi connectivity index (χ1) is 12.3. The van der Waals surface area contributed by atoms with Gasteiger partial charge in [-0.25, -0.2) is 8.42 Å². The number of ether oxygens (including phenoxy) is 3. The molecule has 0 fully saturated rings. The molecule has 3 rings (SSSR count). The number of fused-ring (bicyclic) bond motifs is 1. The second-order valence-corrected chi connectivity index (χ2v) is 7.23. The number of sulfonamides is 1. The van der Waals surface area contributed by atoms with Gasteiger partial charge >= 0.3 is 0 Å². The molecule has 9 heteroatoms. The van der Waals surface area contributed by atoms with E-state index >= 15 is 0 Å². The highest BCUT2D eigenvalue weighted by Gasteiger charge is 2.25. The summed E-state index contributed by atoms with van der Waals surface area (Å²) in [6, 6.07) is 9.11. The van der Waals surface area contributed by atoms with Crippen molar-refractivity contribution >= 4 is 27.3 Å². The van der Waals surface area contributed by atoms with Crippen molar-refractivity contribution in [3.8, 4) is 17.2 Å². The molecular weight excluding hydrogens is 360 g/mol. The highest BCUT2D eigenvalue weighted by molar-refractivity contribution is 7.92. The molecule has 0 spiro atoms. The Bertz CT molecular complexity index is 958. The van der Waals surface area contributed by atoms with Crippen LogP contribution in [0.25, 0.3) is 0 Å². The van der Waals surface area contributed by atoms with E-state index in [1.165, 1.54) is 32.4 Å². The monoisotopic (exact) mass is 378 g/mol. The van der Waals surface area contributed by atoms with Crippen molar-refractivity contribution < 1.29 is 27.4 Å². The van der Waals surface area contributed by atoms with Crippen LogP contribution in [0.15, 0.2) is 41.3 Å². The predicted octanol–water partition coefficient (Wildman–Crippen LogP) is 2.22. The quantitative estimate of drug-likeness (QED) is 0.827. The Morgan fingerprint density at radius 3 is 2.58 bits per heavy atom. The molecule has 138 valence electrons. The molecule has 8 nitrogen and oxygen atoms in total. The SMILES string of the molecule is COc1ccc(OC)c(S(=O)(=O)Nc2ccc3c(c2)NC(=O)[C@H](C)O3)c1. The largest absolute Gasteiger partial charge is 0.497 e. The summed E-state index contributed by atoms with van der Waals surface area (Å²) < 4.78 is 43.7. The van der Waals surface area contributed by atoms with Crippen LogP contribution in [0.1, 0.15) is 6.92 Å². The average Bonchev–Trinajstić information content (AvgIpc) is 2.62. The van der Waals surface area contributed by atoms with Gasteiger partial charge in [-0.3, -0.25) is 9.52 Å². The standard InChI is InChI=1S/C17H18N2O6S/c1-10-17(20)18-13-8-11(4-6-14(13)25-10)19-26(21,22)16-9-12(23-2)5-7-15(16)24-3/h4-10,19H,1-3H3,(H,18,20)/t10-/m0/s1. The molecule has 2 N–H and O–H groups in total. The lowest BCUT2D eigenvalue weighted by atomic mass is 10.2. The van der Waals surface area contributed by atoms with Crippen LogP contribution in [0.3, 0.4) is 0 Å². The molecule has 0 saturated heterocycles. The van der Waals surface area contributed by atoms with Gasteiger partial charge < -0.3 is 19.5 Å². The Morgan fingerprint density at radius 2 is 1.88 bits per heavy atom. The van der Waals surface area contributed by atoms with Gasteiger partial charge in [-0.1, -0.05) is 0 Å². The van der Waals surface area contributed by atoms with Crippen molar-refractivity contribution in [3.05, 3.63) is 36.4 Å². The Kier molecular flexibility index (Phi) is 4.64. The maximum Gasteiger partial charge on any atom is 0.265 e. The molecule has 0 aromatic heterocycles. The lowest BCUT2D eigenvalue weighted by molar-refractivity contribution is -0.122. The maximum atomic E-state index is 12.8. The second kappa shape index (κ2) is 6.75. The molecule has 26 heavy (non-hydrogen) atoms. The van der Waals surface area contributed by atoms with Crippen LogP contribution in [0, 0.1) is 0 Å². The lowest BCUT2D eigenvalue weighted by Gasteiger charge is -2.23. The Hall–Kier alpha value is -2.94. The summed E-state index contributed by atoms with van der Waals surface area (Å²) in [6.07, 6.45) is -0.605. The van der Waals surface area contributed by atoms with Crippen LogP contribution in [0.4, 0.5) is 11.4 Å². The van der Waals surface area contributed by atoms with Crippen molar-refractivity contribution in [2.24, 2.45) is 0 Å². The first-order valence-electron chi connectivity index (χ1n) is 7.70. The molecule has 0 bridgehead atoms. The first kappa shape index (κ1) is 17.9. The van der Waals surface area contributed by atoms with Crippen LogP contribution in [0.2, 0.25) is 0 Å². The summed E-state index contributed by atoms with van der Waals surface area (Å²) in [5.74, 6) is 0.735. The number of anilines is 2. The number of nitrogens with one attached hydrogen (secondary N) is 2. The van der Waals surface area contributed by atoms with E-state index in [0.717, 1.165) is 0 Å². The van der Waals surface area contributed by atoms with Crippen molar-refractivity contribution in [3.63, 3.8) is 0 Å². The van der Waals surface area contributed by atoms with Gasteiger partial charge in [0, 0.05) is 6.07 Å².